The minimum absolute atomic E-state index is 0. The number of rotatable bonds is 18. The largest absolute Gasteiger partial charge is 2.00 e. The van der Waals surface area contributed by atoms with Gasteiger partial charge in [-0.2, -0.15) is 0 Å². The summed E-state index contributed by atoms with van der Waals surface area (Å²) in [6.07, 6.45) is 16.5. The van der Waals surface area contributed by atoms with Crippen molar-refractivity contribution in [1.29, 1.82) is 0 Å². The molecule has 0 aromatic heterocycles. The zero-order chi connectivity index (χ0) is 24.5. The van der Waals surface area contributed by atoms with Crippen molar-refractivity contribution in [3.05, 3.63) is 24.3 Å². The normalized spacial score (nSPS) is 10.2. The first-order valence-electron chi connectivity index (χ1n) is 11.4. The van der Waals surface area contributed by atoms with Gasteiger partial charge in [-0.1, -0.05) is 78.1 Å². The minimum Gasteiger partial charge on any atom is -0.545 e. The molecular formula is C24H38BaO8. The van der Waals surface area contributed by atoms with Gasteiger partial charge in [0.1, 0.15) is 0 Å². The van der Waals surface area contributed by atoms with Crippen molar-refractivity contribution in [2.45, 2.75) is 90.9 Å². The Kier molecular flexibility index (Phi) is 32.0. The molecule has 9 heteroatoms. The van der Waals surface area contributed by atoms with Crippen molar-refractivity contribution in [3.8, 4) is 0 Å². The summed E-state index contributed by atoms with van der Waals surface area (Å²) in [5.74, 6) is -4.04. The van der Waals surface area contributed by atoms with Gasteiger partial charge in [-0.25, -0.2) is 9.59 Å². The molecule has 0 aromatic carbocycles. The van der Waals surface area contributed by atoms with E-state index in [1.54, 1.807) is 0 Å². The van der Waals surface area contributed by atoms with Gasteiger partial charge >= 0.3 is 60.8 Å². The number of esters is 2. The fraction of sp³-hybridized carbons (Fsp3) is 0.667. The minimum atomic E-state index is -1.39. The van der Waals surface area contributed by atoms with Crippen LogP contribution < -0.4 is 10.2 Å². The van der Waals surface area contributed by atoms with Crippen LogP contribution in [0, 0.1) is 0 Å². The van der Waals surface area contributed by atoms with E-state index in [1.807, 2.05) is 0 Å². The standard InChI is InChI=1S/2C12H20O4.Ba/c2*1-2-3-4-5-6-7-10-16-12(15)9-8-11(13)14;/h2*8-9H,2-7,10H2,1H3,(H,13,14);/q;;+2/p-2/b2*9-8-;. The van der Waals surface area contributed by atoms with Crippen LogP contribution in [0.4, 0.5) is 0 Å². The smallest absolute Gasteiger partial charge is 0.545 e. The van der Waals surface area contributed by atoms with Gasteiger partial charge in [0.2, 0.25) is 0 Å². The molecule has 0 aliphatic heterocycles. The Bertz CT molecular complexity index is 523. The van der Waals surface area contributed by atoms with Gasteiger partial charge in [-0.3, -0.25) is 0 Å². The van der Waals surface area contributed by atoms with Crippen molar-refractivity contribution < 1.29 is 38.9 Å². The number of carbonyl (C=O) groups is 4. The molecule has 0 amide bonds. The van der Waals surface area contributed by atoms with Crippen LogP contribution in [0.2, 0.25) is 0 Å². The Morgan fingerprint density at radius 1 is 0.545 bits per heavy atom. The molecule has 0 aliphatic carbocycles. The number of carboxylic acids is 2. The third kappa shape index (κ3) is 35.7. The zero-order valence-electron chi connectivity index (χ0n) is 20.2. The summed E-state index contributed by atoms with van der Waals surface area (Å²) in [6.45, 7) is 5.02. The van der Waals surface area contributed by atoms with Crippen molar-refractivity contribution >= 4 is 72.8 Å². The van der Waals surface area contributed by atoms with E-state index >= 15 is 0 Å². The van der Waals surface area contributed by atoms with Crippen molar-refractivity contribution in [2.75, 3.05) is 13.2 Å². The third-order valence-electron chi connectivity index (χ3n) is 4.20. The SMILES string of the molecule is CCCCCCCCOC(=O)/C=C\C(=O)[O-].CCCCCCCCOC(=O)/C=C\C(=O)[O-].[Ba+2]. The fourth-order valence-electron chi connectivity index (χ4n) is 2.48. The summed E-state index contributed by atoms with van der Waals surface area (Å²) in [4.78, 5) is 41.7. The van der Waals surface area contributed by atoms with Gasteiger partial charge in [0.05, 0.1) is 25.2 Å². The van der Waals surface area contributed by atoms with Crippen molar-refractivity contribution in [2.24, 2.45) is 0 Å². The number of hydrogen-bond acceptors (Lipinski definition) is 8. The Hall–Kier alpha value is -1.07. The number of carboxylic acid groups (broad SMARTS) is 2. The molecule has 0 radical (unpaired) electrons. The van der Waals surface area contributed by atoms with Crippen LogP contribution in [0.3, 0.4) is 0 Å². The van der Waals surface area contributed by atoms with Crippen molar-refractivity contribution in [1.82, 2.24) is 0 Å². The van der Waals surface area contributed by atoms with Gasteiger partial charge in [-0.15, -0.1) is 0 Å². The molecule has 0 saturated carbocycles. The second kappa shape index (κ2) is 29.0. The van der Waals surface area contributed by atoms with E-state index in [1.165, 1.54) is 38.5 Å². The molecule has 0 fully saturated rings. The number of unbranched alkanes of at least 4 members (excludes halogenated alkanes) is 10. The monoisotopic (exact) mass is 592 g/mol. The third-order valence-corrected chi connectivity index (χ3v) is 4.20. The number of hydrogen-bond donors (Lipinski definition) is 0. The summed E-state index contributed by atoms with van der Waals surface area (Å²) in [5.41, 5.74) is 0. The van der Waals surface area contributed by atoms with E-state index in [4.69, 9.17) is 9.47 Å². The maximum Gasteiger partial charge on any atom is 2.00 e. The molecule has 0 heterocycles. The average molecular weight is 592 g/mol. The van der Waals surface area contributed by atoms with E-state index < -0.39 is 23.9 Å². The van der Waals surface area contributed by atoms with E-state index in [-0.39, 0.29) is 48.9 Å². The fourth-order valence-corrected chi connectivity index (χ4v) is 2.48. The van der Waals surface area contributed by atoms with E-state index in [9.17, 15) is 29.4 Å². The van der Waals surface area contributed by atoms with Crippen LogP contribution in [0.25, 0.3) is 0 Å². The number of carbonyl (C=O) groups excluding carboxylic acids is 4. The molecule has 8 nitrogen and oxygen atoms in total. The molecule has 0 atom stereocenters. The van der Waals surface area contributed by atoms with Gasteiger partial charge < -0.3 is 29.3 Å². The van der Waals surface area contributed by atoms with E-state index in [0.717, 1.165) is 50.7 Å². The van der Waals surface area contributed by atoms with E-state index in [2.05, 4.69) is 13.8 Å². The van der Waals surface area contributed by atoms with Gasteiger partial charge in [0.15, 0.2) is 0 Å². The zero-order valence-corrected chi connectivity index (χ0v) is 24.6. The summed E-state index contributed by atoms with van der Waals surface area (Å²) in [6, 6.07) is 0. The molecule has 0 aliphatic rings. The molecule has 0 bridgehead atoms. The molecule has 0 aromatic rings. The van der Waals surface area contributed by atoms with Gasteiger partial charge in [0.25, 0.3) is 0 Å². The first-order valence-corrected chi connectivity index (χ1v) is 11.4. The Labute approximate surface area is 238 Å². The number of aliphatic carboxylic acids is 2. The van der Waals surface area contributed by atoms with Gasteiger partial charge in [-0.05, 0) is 25.0 Å². The molecule has 33 heavy (non-hydrogen) atoms. The predicted molar refractivity (Wildman–Crippen MR) is 123 cm³/mol. The topological polar surface area (TPSA) is 133 Å². The Balaban J connectivity index is -0.000000529. The molecule has 0 unspecified atom stereocenters. The van der Waals surface area contributed by atoms with Crippen LogP contribution in [-0.2, 0) is 28.7 Å². The predicted octanol–water partition coefficient (Wildman–Crippen LogP) is 2.01. The molecule has 0 saturated heterocycles. The first kappa shape index (κ1) is 36.5. The second-order valence-electron chi connectivity index (χ2n) is 7.18. The molecule has 0 rings (SSSR count). The van der Waals surface area contributed by atoms with Crippen LogP contribution in [0.5, 0.6) is 0 Å². The Morgan fingerprint density at radius 3 is 1.15 bits per heavy atom. The van der Waals surface area contributed by atoms with Crippen molar-refractivity contribution in [3.63, 3.8) is 0 Å². The Morgan fingerprint density at radius 2 is 0.848 bits per heavy atom. The average Bonchev–Trinajstić information content (AvgIpc) is 2.75. The van der Waals surface area contributed by atoms with Crippen LogP contribution in [-0.4, -0.2) is 86.0 Å². The summed E-state index contributed by atoms with van der Waals surface area (Å²) < 4.78 is 9.56. The summed E-state index contributed by atoms with van der Waals surface area (Å²) >= 11 is 0. The summed E-state index contributed by atoms with van der Waals surface area (Å²) in [7, 11) is 0. The van der Waals surface area contributed by atoms with Crippen LogP contribution in [0.1, 0.15) is 90.9 Å². The maximum absolute atomic E-state index is 10.9. The van der Waals surface area contributed by atoms with Gasteiger partial charge in [0, 0.05) is 12.2 Å². The summed E-state index contributed by atoms with van der Waals surface area (Å²) in [5, 5.41) is 19.9. The van der Waals surface area contributed by atoms with E-state index in [0.29, 0.717) is 25.4 Å². The first-order chi connectivity index (χ1) is 15.3. The molecular weight excluding hydrogens is 554 g/mol. The quantitative estimate of drug-likeness (QED) is 0.102. The second-order valence-corrected chi connectivity index (χ2v) is 7.18. The molecule has 0 spiro atoms. The molecule has 0 N–H and O–H groups in total. The van der Waals surface area contributed by atoms with Crippen LogP contribution >= 0.6 is 0 Å². The number of ether oxygens (including phenoxy) is 2. The van der Waals surface area contributed by atoms with Crippen LogP contribution in [0.15, 0.2) is 24.3 Å². The molecule has 184 valence electrons. The maximum atomic E-state index is 10.9.